The van der Waals surface area contributed by atoms with Crippen molar-refractivity contribution < 1.29 is 13.6 Å². The highest BCUT2D eigenvalue weighted by atomic mass is 35.5. The summed E-state index contributed by atoms with van der Waals surface area (Å²) < 4.78 is 26.0. The molecular weight excluding hydrogens is 286 g/mol. The Bertz CT molecular complexity index is 447. The summed E-state index contributed by atoms with van der Waals surface area (Å²) in [4.78, 5) is 12.0. The first-order chi connectivity index (χ1) is 8.69. The molecule has 0 radical (unpaired) electrons. The van der Waals surface area contributed by atoms with E-state index >= 15 is 0 Å². The molecule has 0 fully saturated rings. The van der Waals surface area contributed by atoms with Gasteiger partial charge in [0.05, 0.1) is 18.5 Å². The van der Waals surface area contributed by atoms with Crippen LogP contribution in [0.5, 0.6) is 0 Å². The number of halogens is 3. The van der Waals surface area contributed by atoms with Gasteiger partial charge in [0.15, 0.2) is 0 Å². The Hall–Kier alpha value is -1.20. The monoisotopic (exact) mass is 306 g/mol. The lowest BCUT2D eigenvalue weighted by atomic mass is 9.83. The van der Waals surface area contributed by atoms with Gasteiger partial charge in [-0.3, -0.25) is 4.79 Å². The third-order valence-corrected chi connectivity index (χ3v) is 3.15. The van der Waals surface area contributed by atoms with Crippen LogP contribution in [0.25, 0.3) is 0 Å². The average molecular weight is 307 g/mol. The van der Waals surface area contributed by atoms with Crippen molar-refractivity contribution in [3.63, 3.8) is 0 Å². The molecule has 0 aromatic heterocycles. The van der Waals surface area contributed by atoms with Crippen LogP contribution in [0.3, 0.4) is 0 Å². The zero-order chi connectivity index (χ0) is 14.7. The zero-order valence-electron chi connectivity index (χ0n) is 11.9. The molecule has 0 unspecified atom stereocenters. The highest BCUT2D eigenvalue weighted by molar-refractivity contribution is 5.87. The molecule has 1 rings (SSSR count). The van der Waals surface area contributed by atoms with E-state index in [1.165, 1.54) is 0 Å². The summed E-state index contributed by atoms with van der Waals surface area (Å²) in [6.45, 7) is 3.83. The zero-order valence-corrected chi connectivity index (χ0v) is 12.7. The predicted octanol–water partition coefficient (Wildman–Crippen LogP) is 2.40. The van der Waals surface area contributed by atoms with Crippen molar-refractivity contribution in [1.29, 1.82) is 0 Å². The molecule has 1 aromatic carbocycles. The van der Waals surface area contributed by atoms with E-state index in [2.05, 4.69) is 5.32 Å². The van der Waals surface area contributed by atoms with Gasteiger partial charge in [0, 0.05) is 0 Å². The van der Waals surface area contributed by atoms with Gasteiger partial charge in [-0.1, -0.05) is 29.8 Å². The minimum Gasteiger partial charge on any atom is -0.349 e. The SMILES string of the molecule is Cc1ccc(C(C)(C)C(=O)NCC(F)(F)CN)cc1.Cl. The maximum Gasteiger partial charge on any atom is 0.277 e. The van der Waals surface area contributed by atoms with Gasteiger partial charge in [0.2, 0.25) is 5.91 Å². The number of aryl methyl sites for hydroxylation is 1. The van der Waals surface area contributed by atoms with Crippen LogP contribution in [0.2, 0.25) is 0 Å². The summed E-state index contributed by atoms with van der Waals surface area (Å²) in [6.07, 6.45) is 0. The van der Waals surface area contributed by atoms with Gasteiger partial charge in [-0.15, -0.1) is 12.4 Å². The molecule has 3 nitrogen and oxygen atoms in total. The summed E-state index contributed by atoms with van der Waals surface area (Å²) in [5.74, 6) is -3.51. The lowest BCUT2D eigenvalue weighted by Gasteiger charge is -2.25. The summed E-state index contributed by atoms with van der Waals surface area (Å²) in [5.41, 5.74) is 5.93. The van der Waals surface area contributed by atoms with Gasteiger partial charge < -0.3 is 11.1 Å². The second-order valence-corrected chi connectivity index (χ2v) is 5.23. The first-order valence-corrected chi connectivity index (χ1v) is 6.12. The van der Waals surface area contributed by atoms with Gasteiger partial charge in [-0.25, -0.2) is 8.78 Å². The first-order valence-electron chi connectivity index (χ1n) is 6.12. The fraction of sp³-hybridized carbons (Fsp3) is 0.500. The molecule has 0 bridgehead atoms. The fourth-order valence-electron chi connectivity index (χ4n) is 1.60. The molecule has 0 aliphatic rings. The van der Waals surface area contributed by atoms with Crippen molar-refractivity contribution in [3.8, 4) is 0 Å². The number of rotatable bonds is 5. The largest absolute Gasteiger partial charge is 0.349 e. The average Bonchev–Trinajstić information content (AvgIpc) is 2.36. The maximum atomic E-state index is 13.0. The Labute approximate surface area is 124 Å². The van der Waals surface area contributed by atoms with Crippen molar-refractivity contribution in [2.45, 2.75) is 32.1 Å². The molecule has 0 atom stereocenters. The van der Waals surface area contributed by atoms with Gasteiger partial charge >= 0.3 is 0 Å². The van der Waals surface area contributed by atoms with E-state index < -0.39 is 30.3 Å². The van der Waals surface area contributed by atoms with Crippen molar-refractivity contribution in [2.75, 3.05) is 13.1 Å². The minimum absolute atomic E-state index is 0. The van der Waals surface area contributed by atoms with Gasteiger partial charge in [0.25, 0.3) is 5.92 Å². The van der Waals surface area contributed by atoms with E-state index in [0.717, 1.165) is 11.1 Å². The summed E-state index contributed by atoms with van der Waals surface area (Å²) in [7, 11) is 0. The Balaban J connectivity index is 0.00000361. The van der Waals surface area contributed by atoms with Crippen LogP contribution in [-0.2, 0) is 10.2 Å². The van der Waals surface area contributed by atoms with Crippen LogP contribution in [0.15, 0.2) is 24.3 Å². The Morgan fingerprint density at radius 1 is 1.25 bits per heavy atom. The number of hydrogen-bond acceptors (Lipinski definition) is 2. The topological polar surface area (TPSA) is 55.1 Å². The lowest BCUT2D eigenvalue weighted by Crippen LogP contribution is -2.47. The molecule has 1 amide bonds. The number of hydrogen-bond donors (Lipinski definition) is 2. The van der Waals surface area contributed by atoms with Crippen molar-refractivity contribution in [1.82, 2.24) is 5.32 Å². The van der Waals surface area contributed by atoms with Gasteiger partial charge in [-0.05, 0) is 26.3 Å². The number of carbonyl (C=O) groups excluding carboxylic acids is 1. The predicted molar refractivity (Wildman–Crippen MR) is 78.5 cm³/mol. The summed E-state index contributed by atoms with van der Waals surface area (Å²) in [5, 5.41) is 2.26. The van der Waals surface area contributed by atoms with E-state index in [1.807, 2.05) is 31.2 Å². The highest BCUT2D eigenvalue weighted by Gasteiger charge is 2.33. The van der Waals surface area contributed by atoms with E-state index in [4.69, 9.17) is 5.73 Å². The molecule has 0 aliphatic carbocycles. The van der Waals surface area contributed by atoms with Crippen LogP contribution in [-0.4, -0.2) is 24.9 Å². The second kappa shape index (κ2) is 6.99. The van der Waals surface area contributed by atoms with Crippen LogP contribution < -0.4 is 11.1 Å². The molecule has 0 saturated heterocycles. The summed E-state index contributed by atoms with van der Waals surface area (Å²) >= 11 is 0. The first kappa shape index (κ1) is 18.8. The number of amides is 1. The molecule has 3 N–H and O–H groups in total. The Morgan fingerprint density at radius 3 is 2.20 bits per heavy atom. The van der Waals surface area contributed by atoms with Crippen molar-refractivity contribution >= 4 is 18.3 Å². The Morgan fingerprint density at radius 2 is 1.75 bits per heavy atom. The molecule has 0 spiro atoms. The quantitative estimate of drug-likeness (QED) is 0.877. The van der Waals surface area contributed by atoms with Crippen LogP contribution in [0.1, 0.15) is 25.0 Å². The van der Waals surface area contributed by atoms with Crippen LogP contribution >= 0.6 is 12.4 Å². The van der Waals surface area contributed by atoms with Crippen LogP contribution in [0.4, 0.5) is 8.78 Å². The maximum absolute atomic E-state index is 13.0. The fourth-order valence-corrected chi connectivity index (χ4v) is 1.60. The number of nitrogens with one attached hydrogen (secondary N) is 1. The van der Waals surface area contributed by atoms with Crippen molar-refractivity contribution in [2.24, 2.45) is 5.73 Å². The Kier molecular flexibility index (Phi) is 6.58. The van der Waals surface area contributed by atoms with Gasteiger partial charge in [-0.2, -0.15) is 0 Å². The normalized spacial score (nSPS) is 11.7. The smallest absolute Gasteiger partial charge is 0.277 e. The third kappa shape index (κ3) is 4.72. The molecule has 1 aromatic rings. The molecule has 0 heterocycles. The number of carbonyl (C=O) groups is 1. The second-order valence-electron chi connectivity index (χ2n) is 5.23. The van der Waals surface area contributed by atoms with Crippen LogP contribution in [0, 0.1) is 6.92 Å². The van der Waals surface area contributed by atoms with E-state index in [-0.39, 0.29) is 12.4 Å². The number of nitrogens with two attached hydrogens (primary N) is 1. The molecule has 6 heteroatoms. The molecule has 0 aliphatic heterocycles. The lowest BCUT2D eigenvalue weighted by molar-refractivity contribution is -0.127. The van der Waals surface area contributed by atoms with Crippen molar-refractivity contribution in [3.05, 3.63) is 35.4 Å². The molecule has 114 valence electrons. The number of alkyl halides is 2. The molecule has 20 heavy (non-hydrogen) atoms. The standard InChI is InChI=1S/C14H20F2N2O.ClH/c1-10-4-6-11(7-5-10)13(2,3)12(19)18-9-14(15,16)8-17;/h4-7H,8-9,17H2,1-3H3,(H,18,19);1H. The number of benzene rings is 1. The highest BCUT2D eigenvalue weighted by Crippen LogP contribution is 2.24. The minimum atomic E-state index is -3.07. The summed E-state index contributed by atoms with van der Waals surface area (Å²) in [6, 6.07) is 7.43. The third-order valence-electron chi connectivity index (χ3n) is 3.15. The van der Waals surface area contributed by atoms with E-state index in [1.54, 1.807) is 13.8 Å². The van der Waals surface area contributed by atoms with E-state index in [0.29, 0.717) is 0 Å². The molecule has 0 saturated carbocycles. The van der Waals surface area contributed by atoms with Gasteiger partial charge in [0.1, 0.15) is 0 Å². The molecular formula is C14H21ClF2N2O. The van der Waals surface area contributed by atoms with E-state index in [9.17, 15) is 13.6 Å².